The van der Waals surface area contributed by atoms with Crippen LogP contribution in [0.4, 0.5) is 0 Å². The van der Waals surface area contributed by atoms with Crippen LogP contribution >= 0.6 is 0 Å². The van der Waals surface area contributed by atoms with Crippen LogP contribution in [0.2, 0.25) is 0 Å². The Morgan fingerprint density at radius 3 is 3.00 bits per heavy atom. The van der Waals surface area contributed by atoms with Gasteiger partial charge in [0.1, 0.15) is 0 Å². The molecule has 3 N–H and O–H groups in total. The van der Waals surface area contributed by atoms with E-state index < -0.39 is 0 Å². The third-order valence-corrected chi connectivity index (χ3v) is 3.13. The molecule has 16 heavy (non-hydrogen) atoms. The number of allylic oxidation sites excluding steroid dienone is 1. The van der Waals surface area contributed by atoms with Crippen molar-refractivity contribution >= 4 is 0 Å². The second-order valence-corrected chi connectivity index (χ2v) is 4.44. The molecule has 0 bridgehead atoms. The first-order chi connectivity index (χ1) is 7.81. The van der Waals surface area contributed by atoms with E-state index in [2.05, 4.69) is 16.5 Å². The maximum Gasteiger partial charge on any atom is 0.0947 e. The van der Waals surface area contributed by atoms with Gasteiger partial charge in [0.05, 0.1) is 18.1 Å². The summed E-state index contributed by atoms with van der Waals surface area (Å²) in [7, 11) is 1.98. The number of hydrogen-bond acceptors (Lipinski definition) is 3. The van der Waals surface area contributed by atoms with Gasteiger partial charge < -0.3 is 4.57 Å². The van der Waals surface area contributed by atoms with E-state index in [1.165, 1.54) is 31.3 Å². The van der Waals surface area contributed by atoms with Crippen LogP contribution in [0.15, 0.2) is 24.2 Å². The average molecular weight is 220 g/mol. The number of hydrogen-bond donors (Lipinski definition) is 2. The smallest absolute Gasteiger partial charge is 0.0947 e. The van der Waals surface area contributed by atoms with Crippen molar-refractivity contribution in [2.45, 2.75) is 38.1 Å². The summed E-state index contributed by atoms with van der Waals surface area (Å²) in [5, 5.41) is 0. The van der Waals surface area contributed by atoms with Gasteiger partial charge in [-0.15, -0.1) is 0 Å². The highest BCUT2D eigenvalue weighted by molar-refractivity contribution is 5.21. The third-order valence-electron chi connectivity index (χ3n) is 3.13. The molecule has 1 aliphatic carbocycles. The number of nitrogens with two attached hydrogens (primary N) is 1. The van der Waals surface area contributed by atoms with Gasteiger partial charge in [-0.1, -0.05) is 12.5 Å². The van der Waals surface area contributed by atoms with E-state index in [-0.39, 0.29) is 6.04 Å². The van der Waals surface area contributed by atoms with Crippen molar-refractivity contribution in [3.8, 4) is 0 Å². The molecule has 0 saturated heterocycles. The lowest BCUT2D eigenvalue weighted by molar-refractivity contribution is 0.582. The molecule has 0 aliphatic heterocycles. The van der Waals surface area contributed by atoms with Crippen LogP contribution in [0, 0.1) is 0 Å². The first-order valence-electron chi connectivity index (χ1n) is 5.94. The number of hydrazine groups is 1. The lowest BCUT2D eigenvalue weighted by Gasteiger charge is -2.17. The first kappa shape index (κ1) is 11.4. The van der Waals surface area contributed by atoms with Crippen molar-refractivity contribution in [2.24, 2.45) is 12.9 Å². The topological polar surface area (TPSA) is 55.9 Å². The van der Waals surface area contributed by atoms with Gasteiger partial charge in [-0.05, 0) is 31.3 Å². The Kier molecular flexibility index (Phi) is 3.74. The zero-order chi connectivity index (χ0) is 11.4. The van der Waals surface area contributed by atoms with E-state index in [4.69, 9.17) is 5.84 Å². The summed E-state index contributed by atoms with van der Waals surface area (Å²) in [6.07, 6.45) is 12.3. The summed E-state index contributed by atoms with van der Waals surface area (Å²) in [4.78, 5) is 4.37. The van der Waals surface area contributed by atoms with Gasteiger partial charge in [-0.3, -0.25) is 5.84 Å². The summed E-state index contributed by atoms with van der Waals surface area (Å²) in [6.45, 7) is 0. The van der Waals surface area contributed by atoms with Gasteiger partial charge in [0, 0.05) is 13.2 Å². The number of imidazole rings is 1. The summed E-state index contributed by atoms with van der Waals surface area (Å²) in [6, 6.07) is 0.0827. The molecule has 0 amide bonds. The van der Waals surface area contributed by atoms with Gasteiger partial charge in [0.25, 0.3) is 0 Å². The minimum absolute atomic E-state index is 0.0827. The van der Waals surface area contributed by atoms with Crippen LogP contribution in [0.1, 0.15) is 43.8 Å². The highest BCUT2D eigenvalue weighted by atomic mass is 15.2. The van der Waals surface area contributed by atoms with Crippen molar-refractivity contribution < 1.29 is 0 Å². The number of aryl methyl sites for hydroxylation is 1. The summed E-state index contributed by atoms with van der Waals surface area (Å²) >= 11 is 0. The van der Waals surface area contributed by atoms with Gasteiger partial charge in [-0.25, -0.2) is 10.4 Å². The van der Waals surface area contributed by atoms with Crippen LogP contribution in [-0.2, 0) is 7.05 Å². The van der Waals surface area contributed by atoms with E-state index in [0.29, 0.717) is 0 Å². The molecular weight excluding hydrogens is 200 g/mol. The van der Waals surface area contributed by atoms with E-state index in [9.17, 15) is 0 Å². The molecular formula is C12H20N4. The molecule has 4 nitrogen and oxygen atoms in total. The van der Waals surface area contributed by atoms with Gasteiger partial charge in [-0.2, -0.15) is 0 Å². The zero-order valence-corrected chi connectivity index (χ0v) is 9.82. The molecule has 1 heterocycles. The molecule has 1 aromatic rings. The number of rotatable bonds is 3. The third kappa shape index (κ3) is 2.51. The van der Waals surface area contributed by atoms with Crippen molar-refractivity contribution in [1.82, 2.24) is 15.0 Å². The summed E-state index contributed by atoms with van der Waals surface area (Å²) < 4.78 is 1.96. The van der Waals surface area contributed by atoms with E-state index in [1.54, 1.807) is 0 Å². The zero-order valence-electron chi connectivity index (χ0n) is 9.82. The normalized spacial score (nSPS) is 19.0. The Morgan fingerprint density at radius 2 is 2.31 bits per heavy atom. The lowest BCUT2D eigenvalue weighted by Crippen LogP contribution is -2.29. The average Bonchev–Trinajstić information content (AvgIpc) is 2.55. The molecule has 1 atom stereocenters. The molecule has 0 spiro atoms. The maximum absolute atomic E-state index is 5.66. The predicted octanol–water partition coefficient (Wildman–Crippen LogP) is 1.81. The molecule has 0 aromatic carbocycles. The monoisotopic (exact) mass is 220 g/mol. The highest BCUT2D eigenvalue weighted by Gasteiger charge is 2.18. The summed E-state index contributed by atoms with van der Waals surface area (Å²) in [5.74, 6) is 5.66. The Hall–Kier alpha value is -1.13. The maximum atomic E-state index is 5.66. The molecule has 0 saturated carbocycles. The molecule has 2 rings (SSSR count). The molecule has 1 unspecified atom stereocenters. The molecule has 4 heteroatoms. The molecule has 88 valence electrons. The number of aromatic nitrogens is 2. The number of nitrogens with one attached hydrogen (secondary N) is 1. The fourth-order valence-corrected chi connectivity index (χ4v) is 2.27. The van der Waals surface area contributed by atoms with Crippen molar-refractivity contribution in [3.63, 3.8) is 0 Å². The Bertz CT molecular complexity index is 367. The lowest BCUT2D eigenvalue weighted by atomic mass is 10.0. The van der Waals surface area contributed by atoms with Crippen LogP contribution in [0.25, 0.3) is 0 Å². The van der Waals surface area contributed by atoms with Gasteiger partial charge >= 0.3 is 0 Å². The standard InChI is InChI=1S/C12H20N4/c1-16-8-11(14-9-16)12(15-13)10-6-4-2-3-5-7-10/h6,8-9,12,15H,2-5,7,13H2,1H3. The second-order valence-electron chi connectivity index (χ2n) is 4.44. The molecule has 0 radical (unpaired) electrons. The van der Waals surface area contributed by atoms with Crippen LogP contribution in [0.5, 0.6) is 0 Å². The van der Waals surface area contributed by atoms with E-state index in [1.807, 2.05) is 24.1 Å². The first-order valence-corrected chi connectivity index (χ1v) is 5.94. The fourth-order valence-electron chi connectivity index (χ4n) is 2.27. The second kappa shape index (κ2) is 5.27. The van der Waals surface area contributed by atoms with Gasteiger partial charge in [0.15, 0.2) is 0 Å². The highest BCUT2D eigenvalue weighted by Crippen LogP contribution is 2.27. The summed E-state index contributed by atoms with van der Waals surface area (Å²) in [5.41, 5.74) is 5.28. The SMILES string of the molecule is Cn1cnc(C(NN)C2=CCCCCC2)c1. The van der Waals surface area contributed by atoms with Crippen molar-refractivity contribution in [2.75, 3.05) is 0 Å². The predicted molar refractivity (Wildman–Crippen MR) is 64.4 cm³/mol. The van der Waals surface area contributed by atoms with Crippen molar-refractivity contribution in [3.05, 3.63) is 29.9 Å². The molecule has 0 fully saturated rings. The van der Waals surface area contributed by atoms with Crippen molar-refractivity contribution in [1.29, 1.82) is 0 Å². The van der Waals surface area contributed by atoms with Crippen LogP contribution in [-0.4, -0.2) is 9.55 Å². The fraction of sp³-hybridized carbons (Fsp3) is 0.583. The van der Waals surface area contributed by atoms with Crippen LogP contribution < -0.4 is 11.3 Å². The quantitative estimate of drug-likeness (QED) is 0.464. The Balaban J connectivity index is 2.18. The molecule has 1 aromatic heterocycles. The van der Waals surface area contributed by atoms with Crippen LogP contribution in [0.3, 0.4) is 0 Å². The Morgan fingerprint density at radius 1 is 1.44 bits per heavy atom. The van der Waals surface area contributed by atoms with Gasteiger partial charge in [0.2, 0.25) is 0 Å². The number of nitrogens with zero attached hydrogens (tertiary/aromatic N) is 2. The minimum Gasteiger partial charge on any atom is -0.340 e. The molecule has 1 aliphatic rings. The van der Waals surface area contributed by atoms with E-state index >= 15 is 0 Å². The van der Waals surface area contributed by atoms with E-state index in [0.717, 1.165) is 12.1 Å². The minimum atomic E-state index is 0.0827. The largest absolute Gasteiger partial charge is 0.340 e. The Labute approximate surface area is 96.5 Å².